The largest absolute Gasteiger partial charge is 0.470 e. The van der Waals surface area contributed by atoms with Crippen LogP contribution in [0.2, 0.25) is 0 Å². The van der Waals surface area contributed by atoms with Gasteiger partial charge in [0.2, 0.25) is 0 Å². The van der Waals surface area contributed by atoms with Crippen molar-refractivity contribution in [3.63, 3.8) is 0 Å². The van der Waals surface area contributed by atoms with E-state index in [0.29, 0.717) is 31.9 Å². The summed E-state index contributed by atoms with van der Waals surface area (Å²) in [5.41, 5.74) is 10.1. The molecule has 0 bridgehead atoms. The van der Waals surface area contributed by atoms with Crippen LogP contribution < -0.4 is 0 Å². The van der Waals surface area contributed by atoms with Gasteiger partial charge in [-0.25, -0.2) is 4.99 Å². The highest BCUT2D eigenvalue weighted by atomic mass is 16.5. The molecule has 0 spiro atoms. The molecule has 2 fully saturated rings. The summed E-state index contributed by atoms with van der Waals surface area (Å²) in [4.78, 5) is 24.4. The third kappa shape index (κ3) is 6.39. The van der Waals surface area contributed by atoms with Crippen molar-refractivity contribution in [3.05, 3.63) is 34.2 Å². The Bertz CT molecular complexity index is 914. The molecule has 1 saturated heterocycles. The molecule has 1 amide bonds. The lowest BCUT2D eigenvalue weighted by molar-refractivity contribution is -0.139. The van der Waals surface area contributed by atoms with E-state index < -0.39 is 11.6 Å². The molecular weight excluding hydrogens is 470 g/mol. The van der Waals surface area contributed by atoms with Crippen molar-refractivity contribution in [2.24, 2.45) is 16.0 Å². The number of aliphatic hydroxyl groups excluding tert-OH is 1. The van der Waals surface area contributed by atoms with Gasteiger partial charge in [-0.15, -0.1) is 6.58 Å². The van der Waals surface area contributed by atoms with Gasteiger partial charge in [0.1, 0.15) is 0 Å². The van der Waals surface area contributed by atoms with Crippen molar-refractivity contribution < 1.29 is 19.4 Å². The van der Waals surface area contributed by atoms with Crippen molar-refractivity contribution in [3.8, 4) is 0 Å². The van der Waals surface area contributed by atoms with Crippen LogP contribution in [0.3, 0.4) is 0 Å². The summed E-state index contributed by atoms with van der Waals surface area (Å²) in [6, 6.07) is 0. The first-order valence-corrected chi connectivity index (χ1v) is 14.2. The molecule has 1 N–H and O–H groups in total. The number of aliphatic hydroxyl groups is 1. The van der Waals surface area contributed by atoms with Gasteiger partial charge in [-0.2, -0.15) is 0 Å². The van der Waals surface area contributed by atoms with Gasteiger partial charge >= 0.3 is 0 Å². The van der Waals surface area contributed by atoms with Gasteiger partial charge in [0.15, 0.2) is 17.5 Å². The third-order valence-corrected chi connectivity index (χ3v) is 8.40. The van der Waals surface area contributed by atoms with E-state index in [9.17, 15) is 4.79 Å². The van der Waals surface area contributed by atoms with Gasteiger partial charge in [0, 0.05) is 50.1 Å². The fourth-order valence-corrected chi connectivity index (χ4v) is 6.43. The molecule has 0 aromatic rings. The van der Waals surface area contributed by atoms with Crippen LogP contribution in [0, 0.1) is 5.92 Å². The number of likely N-dealkylation sites (tertiary alicyclic amines) is 1. The molecule has 0 aromatic heterocycles. The smallest absolute Gasteiger partial charge is 0.255 e. The first kappa shape index (κ1) is 27.7. The maximum Gasteiger partial charge on any atom is 0.255 e. The van der Waals surface area contributed by atoms with E-state index in [1.54, 1.807) is 0 Å². The Hall–Kier alpha value is -2.35. The third-order valence-electron chi connectivity index (χ3n) is 8.40. The highest BCUT2D eigenvalue weighted by Crippen LogP contribution is 2.44. The minimum Gasteiger partial charge on any atom is -0.470 e. The zero-order valence-corrected chi connectivity index (χ0v) is 22.2. The molecule has 2 atom stereocenters. The number of hydrogen-bond donors (Lipinski definition) is 1. The second kappa shape index (κ2) is 13.4. The molecule has 2 aliphatic carbocycles. The number of carbonyl (C=O) groups excluding carboxylic acids is 1. The highest BCUT2D eigenvalue weighted by molar-refractivity contribution is 5.95. The lowest BCUT2D eigenvalue weighted by atomic mass is 9.77. The second-order valence-electron chi connectivity index (χ2n) is 10.9. The van der Waals surface area contributed by atoms with E-state index in [2.05, 4.69) is 16.6 Å². The van der Waals surface area contributed by atoms with Crippen LogP contribution in [0.4, 0.5) is 0 Å². The summed E-state index contributed by atoms with van der Waals surface area (Å²) >= 11 is 0. The Labute approximate surface area is 220 Å². The molecule has 0 unspecified atom stereocenters. The molecule has 9 heteroatoms. The Morgan fingerprint density at radius 3 is 2.68 bits per heavy atom. The Kier molecular flexibility index (Phi) is 10.1. The number of aliphatic imine (C=N–C) groups is 1. The van der Waals surface area contributed by atoms with Crippen LogP contribution in [0.25, 0.3) is 10.4 Å². The van der Waals surface area contributed by atoms with Crippen LogP contribution >= 0.6 is 0 Å². The van der Waals surface area contributed by atoms with Gasteiger partial charge < -0.3 is 19.5 Å². The minimum absolute atomic E-state index is 0.0503. The predicted molar refractivity (Wildman–Crippen MR) is 143 cm³/mol. The molecule has 0 aromatic carbocycles. The topological polar surface area (TPSA) is 120 Å². The average Bonchev–Trinajstić information content (AvgIpc) is 3.33. The second-order valence-corrected chi connectivity index (χ2v) is 10.9. The van der Waals surface area contributed by atoms with Gasteiger partial charge in [0.05, 0.1) is 6.10 Å². The maximum atomic E-state index is 14.3. The number of amides is 1. The molecule has 37 heavy (non-hydrogen) atoms. The van der Waals surface area contributed by atoms with E-state index >= 15 is 0 Å². The predicted octanol–water partition coefficient (Wildman–Crippen LogP) is 5.25. The van der Waals surface area contributed by atoms with Crippen LogP contribution in [0.5, 0.6) is 0 Å². The van der Waals surface area contributed by atoms with Crippen molar-refractivity contribution in [1.82, 2.24) is 4.90 Å². The van der Waals surface area contributed by atoms with E-state index in [4.69, 9.17) is 25.1 Å². The van der Waals surface area contributed by atoms with E-state index in [1.165, 1.54) is 0 Å². The summed E-state index contributed by atoms with van der Waals surface area (Å²) in [5.74, 6) is 0.910. The lowest BCUT2D eigenvalue weighted by Gasteiger charge is -2.38. The molecule has 4 aliphatic rings. The van der Waals surface area contributed by atoms with E-state index in [0.717, 1.165) is 94.9 Å². The number of hydrogen-bond acceptors (Lipinski definition) is 6. The number of nitrogens with zero attached hydrogens (tertiary/aromatic N) is 5. The summed E-state index contributed by atoms with van der Waals surface area (Å²) in [7, 11) is 0. The Balaban J connectivity index is 1.64. The molecule has 2 heterocycles. The normalized spacial score (nSPS) is 30.4. The first-order valence-electron chi connectivity index (χ1n) is 14.2. The molecule has 4 rings (SSSR count). The van der Waals surface area contributed by atoms with Crippen molar-refractivity contribution in [2.45, 2.75) is 101 Å². The van der Waals surface area contributed by atoms with E-state index in [1.807, 2.05) is 11.0 Å². The molecule has 1 saturated carbocycles. The SMILES string of the molecule is C=CC[C@]1(C(=O)N2CCCCC2)N=C(C2CCC(OCCCO)CC2)O[C@H]1C1=C(CN=[N+]=[N-])CCCC1. The zero-order chi connectivity index (χ0) is 26.1. The fraction of sp³-hybridized carbons (Fsp3) is 0.786. The number of rotatable bonds is 11. The maximum absolute atomic E-state index is 14.3. The average molecular weight is 514 g/mol. The highest BCUT2D eigenvalue weighted by Gasteiger charge is 2.55. The molecule has 204 valence electrons. The first-order chi connectivity index (χ1) is 18.1. The van der Waals surface area contributed by atoms with Crippen molar-refractivity contribution in [2.75, 3.05) is 32.8 Å². The van der Waals surface area contributed by atoms with Crippen LogP contribution in [0.1, 0.15) is 83.5 Å². The zero-order valence-electron chi connectivity index (χ0n) is 22.2. The molecule has 9 nitrogen and oxygen atoms in total. The molecule has 0 radical (unpaired) electrons. The number of carbonyl (C=O) groups is 1. The van der Waals surface area contributed by atoms with Crippen LogP contribution in [0.15, 0.2) is 33.9 Å². The quantitative estimate of drug-likeness (QED) is 0.133. The summed E-state index contributed by atoms with van der Waals surface area (Å²) in [5, 5.41) is 12.9. The number of azide groups is 1. The number of piperidine rings is 1. The fourth-order valence-electron chi connectivity index (χ4n) is 6.43. The van der Waals surface area contributed by atoms with Crippen molar-refractivity contribution in [1.29, 1.82) is 0 Å². The van der Waals surface area contributed by atoms with Gasteiger partial charge in [-0.1, -0.05) is 16.8 Å². The van der Waals surface area contributed by atoms with Crippen LogP contribution in [-0.2, 0) is 14.3 Å². The number of ether oxygens (including phenoxy) is 2. The lowest BCUT2D eigenvalue weighted by Crippen LogP contribution is -2.55. The monoisotopic (exact) mass is 513 g/mol. The summed E-state index contributed by atoms with van der Waals surface area (Å²) < 4.78 is 12.7. The molecular formula is C28H43N5O4. The minimum atomic E-state index is -1.04. The molecule has 2 aliphatic heterocycles. The van der Waals surface area contributed by atoms with Gasteiger partial charge in [-0.05, 0) is 88.2 Å². The summed E-state index contributed by atoms with van der Waals surface area (Å²) in [6.45, 7) is 6.59. The Morgan fingerprint density at radius 1 is 1.22 bits per heavy atom. The van der Waals surface area contributed by atoms with Crippen LogP contribution in [-0.4, -0.2) is 72.4 Å². The summed E-state index contributed by atoms with van der Waals surface area (Å²) in [6.07, 6.45) is 13.2. The van der Waals surface area contributed by atoms with E-state index in [-0.39, 0.29) is 24.5 Å². The van der Waals surface area contributed by atoms with Crippen molar-refractivity contribution >= 4 is 11.8 Å². The standard InChI is InChI=1S/C28H43N5O4/c1-2-15-28(27(35)33-16-6-3-7-17-33)25(24-10-5-4-9-22(24)20-30-32-29)37-26(31-28)21-11-13-23(14-12-21)36-19-8-18-34/h2,21,23,25,34H,1,3-20H2/t21?,23?,25-,28-/m0/s1. The Morgan fingerprint density at radius 2 is 1.97 bits per heavy atom. The van der Waals surface area contributed by atoms with Gasteiger partial charge in [-0.3, -0.25) is 4.79 Å². The van der Waals surface area contributed by atoms with Gasteiger partial charge in [0.25, 0.3) is 5.91 Å².